The van der Waals surface area contributed by atoms with Crippen LogP contribution in [-0.4, -0.2) is 28.5 Å². The van der Waals surface area contributed by atoms with Gasteiger partial charge >= 0.3 is 6.09 Å². The number of imide groups is 1. The number of fused-ring (bicyclic) bond motifs is 2. The van der Waals surface area contributed by atoms with Crippen LogP contribution in [0, 0.1) is 5.92 Å². The number of rotatable bonds is 0. The molecule has 0 spiro atoms. The molecule has 2 bridgehead atoms. The molecule has 0 N–H and O–H groups in total. The maximum absolute atomic E-state index is 11.7. The van der Waals surface area contributed by atoms with Crippen molar-refractivity contribution in [2.75, 3.05) is 0 Å². The predicted molar refractivity (Wildman–Crippen MR) is 54.1 cm³/mol. The summed E-state index contributed by atoms with van der Waals surface area (Å²) in [6.45, 7) is 5.37. The zero-order valence-corrected chi connectivity index (χ0v) is 9.19. The number of amides is 2. The van der Waals surface area contributed by atoms with Gasteiger partial charge in [0.05, 0.1) is 12.0 Å². The van der Waals surface area contributed by atoms with E-state index in [1.807, 2.05) is 12.2 Å². The number of hydrogen-bond donors (Lipinski definition) is 0. The van der Waals surface area contributed by atoms with Crippen molar-refractivity contribution in [1.29, 1.82) is 0 Å². The summed E-state index contributed by atoms with van der Waals surface area (Å²) in [6, 6.07) is -0.0858. The van der Waals surface area contributed by atoms with Crippen LogP contribution in [0.2, 0.25) is 0 Å². The van der Waals surface area contributed by atoms with E-state index in [1.165, 1.54) is 4.90 Å². The van der Waals surface area contributed by atoms with Crippen molar-refractivity contribution in [3.63, 3.8) is 0 Å². The number of carbonyl (C=O) groups excluding carboxylic acids is 2. The molecule has 2 atom stereocenters. The molecule has 4 heteroatoms. The summed E-state index contributed by atoms with van der Waals surface area (Å²) in [7, 11) is 0. The topological polar surface area (TPSA) is 46.6 Å². The first-order chi connectivity index (χ1) is 6.88. The second-order valence-corrected chi connectivity index (χ2v) is 4.98. The molecule has 0 saturated carbocycles. The van der Waals surface area contributed by atoms with Crippen molar-refractivity contribution in [2.24, 2.45) is 5.92 Å². The van der Waals surface area contributed by atoms with Crippen LogP contribution in [0.3, 0.4) is 0 Å². The molecular formula is C11H15NO3. The van der Waals surface area contributed by atoms with Gasteiger partial charge in [0.15, 0.2) is 0 Å². The van der Waals surface area contributed by atoms with E-state index in [0.717, 1.165) is 6.42 Å². The molecule has 1 heterocycles. The second-order valence-electron chi connectivity index (χ2n) is 4.98. The Kier molecular flexibility index (Phi) is 2.10. The van der Waals surface area contributed by atoms with Crippen molar-refractivity contribution < 1.29 is 14.3 Å². The fourth-order valence-electron chi connectivity index (χ4n) is 1.93. The van der Waals surface area contributed by atoms with Gasteiger partial charge in [0, 0.05) is 0 Å². The summed E-state index contributed by atoms with van der Waals surface area (Å²) < 4.78 is 5.18. The Morgan fingerprint density at radius 2 is 2.13 bits per heavy atom. The Bertz CT molecular complexity index is 340. The first-order valence-corrected chi connectivity index (χ1v) is 5.13. The maximum atomic E-state index is 11.7. The van der Waals surface area contributed by atoms with Gasteiger partial charge in [-0.05, 0) is 27.2 Å². The first-order valence-electron chi connectivity index (χ1n) is 5.13. The van der Waals surface area contributed by atoms with E-state index in [4.69, 9.17) is 4.74 Å². The van der Waals surface area contributed by atoms with Crippen LogP contribution in [0.15, 0.2) is 12.2 Å². The Hall–Kier alpha value is -1.32. The van der Waals surface area contributed by atoms with Gasteiger partial charge in [-0.15, -0.1) is 0 Å². The van der Waals surface area contributed by atoms with E-state index in [-0.39, 0.29) is 17.9 Å². The zero-order chi connectivity index (χ0) is 11.2. The summed E-state index contributed by atoms with van der Waals surface area (Å²) in [5.41, 5.74) is -0.553. The van der Waals surface area contributed by atoms with Gasteiger partial charge in [-0.25, -0.2) is 9.69 Å². The Labute approximate surface area is 88.9 Å². The summed E-state index contributed by atoms with van der Waals surface area (Å²) in [4.78, 5) is 24.6. The minimum Gasteiger partial charge on any atom is -0.443 e. The average Bonchev–Trinajstić information content (AvgIpc) is 2.59. The lowest BCUT2D eigenvalue weighted by Crippen LogP contribution is -2.43. The normalized spacial score (nSPS) is 28.7. The smallest absolute Gasteiger partial charge is 0.417 e. The fourth-order valence-corrected chi connectivity index (χ4v) is 1.93. The van der Waals surface area contributed by atoms with Gasteiger partial charge in [-0.3, -0.25) is 4.79 Å². The first kappa shape index (κ1) is 10.2. The van der Waals surface area contributed by atoms with E-state index in [0.29, 0.717) is 0 Å². The van der Waals surface area contributed by atoms with Crippen LogP contribution in [0.5, 0.6) is 0 Å². The lowest BCUT2D eigenvalue weighted by molar-refractivity contribution is -0.130. The van der Waals surface area contributed by atoms with Gasteiger partial charge in [0.2, 0.25) is 5.91 Å². The van der Waals surface area contributed by atoms with Crippen molar-refractivity contribution in [2.45, 2.75) is 38.8 Å². The monoisotopic (exact) mass is 209 g/mol. The highest BCUT2D eigenvalue weighted by atomic mass is 16.6. The standard InChI is InChI=1S/C11H15NO3/c1-11(2,3)15-10(14)12-8-5-4-7(6-8)9(12)13/h4-5,7-8H,6H2,1-3H3/t7-,8?/m1/s1. The maximum Gasteiger partial charge on any atom is 0.417 e. The van der Waals surface area contributed by atoms with Crippen LogP contribution >= 0.6 is 0 Å². The molecule has 2 amide bonds. The molecular weight excluding hydrogens is 194 g/mol. The van der Waals surface area contributed by atoms with Crippen LogP contribution in [0.4, 0.5) is 4.79 Å². The lowest BCUT2D eigenvalue weighted by Gasteiger charge is -2.26. The molecule has 1 aliphatic carbocycles. The average molecular weight is 209 g/mol. The van der Waals surface area contributed by atoms with Gasteiger partial charge < -0.3 is 4.74 Å². The predicted octanol–water partition coefficient (Wildman–Crippen LogP) is 1.71. The molecule has 0 radical (unpaired) electrons. The highest BCUT2D eigenvalue weighted by molar-refractivity contribution is 5.98. The Balaban J connectivity index is 2.09. The summed E-state index contributed by atoms with van der Waals surface area (Å²) in [6.07, 6.45) is 3.96. The van der Waals surface area contributed by atoms with Crippen LogP contribution in [0.1, 0.15) is 27.2 Å². The minimum absolute atomic E-state index is 0.0858. The van der Waals surface area contributed by atoms with Crippen LogP contribution in [-0.2, 0) is 9.53 Å². The SMILES string of the molecule is CC(C)(C)OC(=O)N1C(=O)[C@@H]2C=CC1C2. The van der Waals surface area contributed by atoms with Crippen molar-refractivity contribution in [3.05, 3.63) is 12.2 Å². The number of ether oxygens (including phenoxy) is 1. The summed E-state index contributed by atoms with van der Waals surface area (Å²) in [5.74, 6) is -0.237. The molecule has 1 fully saturated rings. The third kappa shape index (κ3) is 1.76. The Morgan fingerprint density at radius 3 is 2.60 bits per heavy atom. The van der Waals surface area contributed by atoms with Crippen LogP contribution < -0.4 is 0 Å². The molecule has 0 aromatic carbocycles. The number of nitrogens with zero attached hydrogens (tertiary/aromatic N) is 1. The molecule has 0 aromatic heterocycles. The van der Waals surface area contributed by atoms with Gasteiger partial charge in [0.1, 0.15) is 5.60 Å². The van der Waals surface area contributed by atoms with Crippen molar-refractivity contribution in [3.8, 4) is 0 Å². The van der Waals surface area contributed by atoms with Gasteiger partial charge in [-0.2, -0.15) is 0 Å². The molecule has 1 unspecified atom stereocenters. The zero-order valence-electron chi connectivity index (χ0n) is 9.19. The highest BCUT2D eigenvalue weighted by Gasteiger charge is 2.45. The van der Waals surface area contributed by atoms with Crippen molar-refractivity contribution >= 4 is 12.0 Å². The summed E-state index contributed by atoms with van der Waals surface area (Å²) >= 11 is 0. The largest absolute Gasteiger partial charge is 0.443 e. The fraction of sp³-hybridized carbons (Fsp3) is 0.636. The Morgan fingerprint density at radius 1 is 1.47 bits per heavy atom. The molecule has 2 rings (SSSR count). The van der Waals surface area contributed by atoms with E-state index < -0.39 is 11.7 Å². The van der Waals surface area contributed by atoms with Crippen LogP contribution in [0.25, 0.3) is 0 Å². The third-order valence-corrected chi connectivity index (χ3v) is 2.54. The second kappa shape index (κ2) is 3.08. The molecule has 0 aromatic rings. The molecule has 2 aliphatic rings. The number of hydrogen-bond acceptors (Lipinski definition) is 3. The number of likely N-dealkylation sites (tertiary alicyclic amines) is 1. The van der Waals surface area contributed by atoms with E-state index in [9.17, 15) is 9.59 Å². The minimum atomic E-state index is -0.553. The molecule has 1 aliphatic heterocycles. The lowest BCUT2D eigenvalue weighted by atomic mass is 10.1. The molecule has 4 nitrogen and oxygen atoms in total. The summed E-state index contributed by atoms with van der Waals surface area (Å²) in [5, 5.41) is 0. The quantitative estimate of drug-likeness (QED) is 0.570. The van der Waals surface area contributed by atoms with E-state index >= 15 is 0 Å². The third-order valence-electron chi connectivity index (χ3n) is 2.54. The molecule has 82 valence electrons. The van der Waals surface area contributed by atoms with E-state index in [2.05, 4.69) is 0 Å². The molecule has 1 saturated heterocycles. The molecule has 15 heavy (non-hydrogen) atoms. The van der Waals surface area contributed by atoms with Gasteiger partial charge in [0.25, 0.3) is 0 Å². The van der Waals surface area contributed by atoms with Crippen molar-refractivity contribution in [1.82, 2.24) is 4.90 Å². The highest BCUT2D eigenvalue weighted by Crippen LogP contribution is 2.33. The van der Waals surface area contributed by atoms with Gasteiger partial charge in [-0.1, -0.05) is 12.2 Å². The van der Waals surface area contributed by atoms with E-state index in [1.54, 1.807) is 20.8 Å². The number of carbonyl (C=O) groups is 2.